The second-order valence-electron chi connectivity index (χ2n) is 15.0. The molecule has 11 aromatic carbocycles. The summed E-state index contributed by atoms with van der Waals surface area (Å²) in [7, 11) is 0. The van der Waals surface area contributed by atoms with Crippen molar-refractivity contribution in [3.63, 3.8) is 0 Å². The Bertz CT molecular complexity index is 3200. The maximum atomic E-state index is 8.71. The highest BCUT2D eigenvalue weighted by Crippen LogP contribution is 2.46. The molecule has 0 N–H and O–H groups in total. The molecule has 0 saturated heterocycles. The minimum atomic E-state index is -0.396. The SMILES string of the molecule is [2H]c1c([2H])c([2H])c(-c2cc3ccc4cc(N(c5cc(-c6ccccc6)cc(-c6ccccc6)c5)c5cc(-c6ccccc6)cc(-c6ccccc6)c5)cc5ccc(c2)c3c45)c([2H])c1[2H]. The first-order chi connectivity index (χ1) is 31.3. The first-order valence-electron chi connectivity index (χ1n) is 22.4. The molecule has 0 radical (unpaired) electrons. The molecule has 0 aromatic heterocycles. The number of hydrogen-bond donors (Lipinski definition) is 0. The molecule has 0 saturated carbocycles. The van der Waals surface area contributed by atoms with Crippen LogP contribution in [0.4, 0.5) is 17.1 Å². The molecule has 0 unspecified atom stereocenters. The zero-order valence-corrected chi connectivity index (χ0v) is 32.1. The van der Waals surface area contributed by atoms with Crippen LogP contribution in [-0.2, 0) is 0 Å². The Labute approximate surface area is 352 Å². The van der Waals surface area contributed by atoms with Crippen LogP contribution in [-0.4, -0.2) is 0 Å². The number of hydrogen-bond acceptors (Lipinski definition) is 1. The first-order valence-corrected chi connectivity index (χ1v) is 19.9. The normalized spacial score (nSPS) is 12.6. The van der Waals surface area contributed by atoms with E-state index in [1.54, 1.807) is 0 Å². The van der Waals surface area contributed by atoms with E-state index in [1.807, 2.05) is 12.1 Å². The van der Waals surface area contributed by atoms with Crippen molar-refractivity contribution in [3.8, 4) is 55.6 Å². The summed E-state index contributed by atoms with van der Waals surface area (Å²) in [5.74, 6) is 0. The Morgan fingerprint density at radius 1 is 0.254 bits per heavy atom. The lowest BCUT2D eigenvalue weighted by molar-refractivity contribution is 1.29. The molecule has 0 spiro atoms. The van der Waals surface area contributed by atoms with Gasteiger partial charge in [0.15, 0.2) is 0 Å². The van der Waals surface area contributed by atoms with Crippen molar-refractivity contribution in [2.24, 2.45) is 0 Å². The number of anilines is 3. The maximum Gasteiger partial charge on any atom is 0.0629 e. The van der Waals surface area contributed by atoms with Gasteiger partial charge in [-0.25, -0.2) is 0 Å². The van der Waals surface area contributed by atoms with Crippen molar-refractivity contribution in [2.75, 3.05) is 4.90 Å². The molecular formula is C58H39N. The van der Waals surface area contributed by atoms with Crippen LogP contribution >= 0.6 is 0 Å². The fraction of sp³-hybridized carbons (Fsp3) is 0. The van der Waals surface area contributed by atoms with E-state index in [0.29, 0.717) is 5.56 Å². The van der Waals surface area contributed by atoms with E-state index in [9.17, 15) is 0 Å². The van der Waals surface area contributed by atoms with E-state index < -0.39 is 6.04 Å². The van der Waals surface area contributed by atoms with Gasteiger partial charge in [0.2, 0.25) is 0 Å². The van der Waals surface area contributed by atoms with Gasteiger partial charge < -0.3 is 4.90 Å². The maximum absolute atomic E-state index is 8.71. The molecule has 0 atom stereocenters. The zero-order chi connectivity index (χ0) is 43.5. The summed E-state index contributed by atoms with van der Waals surface area (Å²) >= 11 is 0. The van der Waals surface area contributed by atoms with Crippen molar-refractivity contribution in [3.05, 3.63) is 236 Å². The fourth-order valence-electron chi connectivity index (χ4n) is 8.61. The molecule has 0 heterocycles. The lowest BCUT2D eigenvalue weighted by Gasteiger charge is -2.29. The van der Waals surface area contributed by atoms with Gasteiger partial charge in [-0.1, -0.05) is 176 Å². The third-order valence-corrected chi connectivity index (χ3v) is 11.3. The van der Waals surface area contributed by atoms with Crippen molar-refractivity contribution in [1.29, 1.82) is 0 Å². The molecule has 59 heavy (non-hydrogen) atoms. The molecule has 0 aliphatic rings. The van der Waals surface area contributed by atoms with E-state index in [-0.39, 0.29) is 29.7 Å². The fourth-order valence-corrected chi connectivity index (χ4v) is 8.61. The number of nitrogens with zero attached hydrogens (tertiary/aromatic N) is 1. The molecule has 0 aliphatic heterocycles. The summed E-state index contributed by atoms with van der Waals surface area (Å²) in [5, 5.41) is 6.19. The Hall–Kier alpha value is -7.74. The molecule has 0 fully saturated rings. The topological polar surface area (TPSA) is 3.24 Å². The second kappa shape index (κ2) is 14.6. The van der Waals surface area contributed by atoms with Gasteiger partial charge in [-0.15, -0.1) is 0 Å². The van der Waals surface area contributed by atoms with Crippen LogP contribution in [0.2, 0.25) is 0 Å². The van der Waals surface area contributed by atoms with Gasteiger partial charge in [-0.3, -0.25) is 0 Å². The monoisotopic (exact) mass is 754 g/mol. The third-order valence-electron chi connectivity index (χ3n) is 11.3. The Kier molecular flexibility index (Phi) is 7.32. The minimum Gasteiger partial charge on any atom is -0.310 e. The molecule has 0 aliphatic carbocycles. The smallest absolute Gasteiger partial charge is 0.0629 e. The molecule has 11 aromatic rings. The van der Waals surface area contributed by atoms with Crippen molar-refractivity contribution >= 4 is 49.4 Å². The van der Waals surface area contributed by atoms with E-state index >= 15 is 0 Å². The Morgan fingerprint density at radius 2 is 0.559 bits per heavy atom. The predicted molar refractivity (Wildman–Crippen MR) is 252 cm³/mol. The van der Waals surface area contributed by atoms with Crippen LogP contribution in [0.15, 0.2) is 236 Å². The summed E-state index contributed by atoms with van der Waals surface area (Å²) in [6.07, 6.45) is 0. The third kappa shape index (κ3) is 6.49. The second-order valence-corrected chi connectivity index (χ2v) is 15.0. The van der Waals surface area contributed by atoms with E-state index in [4.69, 9.17) is 6.85 Å². The van der Waals surface area contributed by atoms with Gasteiger partial charge >= 0.3 is 0 Å². The minimum absolute atomic E-state index is 0.203. The zero-order valence-electron chi connectivity index (χ0n) is 37.1. The first kappa shape index (κ1) is 29.5. The van der Waals surface area contributed by atoms with E-state index in [0.717, 1.165) is 93.9 Å². The van der Waals surface area contributed by atoms with Gasteiger partial charge in [0.1, 0.15) is 0 Å². The highest BCUT2D eigenvalue weighted by molar-refractivity contribution is 6.24. The van der Waals surface area contributed by atoms with Crippen LogP contribution in [0, 0.1) is 0 Å². The van der Waals surface area contributed by atoms with Gasteiger partial charge in [0.25, 0.3) is 0 Å². The van der Waals surface area contributed by atoms with E-state index in [2.05, 4.69) is 199 Å². The molecule has 0 bridgehead atoms. The summed E-state index contributed by atoms with van der Waals surface area (Å²) < 4.78 is 42.3. The van der Waals surface area contributed by atoms with Crippen LogP contribution < -0.4 is 4.90 Å². The van der Waals surface area contributed by atoms with Gasteiger partial charge in [0.05, 0.1) is 6.85 Å². The lowest BCUT2D eigenvalue weighted by atomic mass is 9.90. The van der Waals surface area contributed by atoms with Crippen LogP contribution in [0.3, 0.4) is 0 Å². The molecule has 11 rings (SSSR count). The summed E-state index contributed by atoms with van der Waals surface area (Å²) in [5.41, 5.74) is 12.8. The molecule has 1 heteroatoms. The number of benzene rings is 11. The Balaban J connectivity index is 1.17. The van der Waals surface area contributed by atoms with Crippen LogP contribution in [0.25, 0.3) is 88.0 Å². The largest absolute Gasteiger partial charge is 0.310 e. The average molecular weight is 755 g/mol. The highest BCUT2D eigenvalue weighted by Gasteiger charge is 2.20. The average Bonchev–Trinajstić information content (AvgIpc) is 3.35. The Morgan fingerprint density at radius 3 is 0.915 bits per heavy atom. The standard InChI is InChI=1S/C58H39N/c1-6-16-40(17-7-1)49-30-45-26-28-47-34-54(35-48-29-27-46(31-49)57(45)58(47)48)59(55-36-50(41-18-8-2-9-19-41)32-51(37-55)42-20-10-3-11-21-42)56-38-52(43-22-12-4-13-23-43)33-53(39-56)44-24-14-5-15-25-44/h1-39H/i1D,6D,7D,16D,17D. The van der Waals surface area contributed by atoms with E-state index in [1.165, 1.54) is 0 Å². The van der Waals surface area contributed by atoms with Crippen LogP contribution in [0.5, 0.6) is 0 Å². The highest BCUT2D eigenvalue weighted by atomic mass is 15.1. The van der Waals surface area contributed by atoms with Crippen molar-refractivity contribution in [2.45, 2.75) is 0 Å². The summed E-state index contributed by atoms with van der Waals surface area (Å²) in [4.78, 5) is 2.39. The predicted octanol–water partition coefficient (Wildman–Crippen LogP) is 16.4. The number of rotatable bonds is 8. The van der Waals surface area contributed by atoms with Gasteiger partial charge in [0, 0.05) is 17.1 Å². The van der Waals surface area contributed by atoms with Crippen LogP contribution in [0.1, 0.15) is 6.85 Å². The summed E-state index contributed by atoms with van der Waals surface area (Å²) in [6, 6.07) is 71.4. The van der Waals surface area contributed by atoms with Gasteiger partial charge in [-0.2, -0.15) is 0 Å². The lowest BCUT2D eigenvalue weighted by Crippen LogP contribution is -2.11. The molecule has 276 valence electrons. The molecule has 0 amide bonds. The molecular weight excluding hydrogens is 711 g/mol. The van der Waals surface area contributed by atoms with Crippen molar-refractivity contribution in [1.82, 2.24) is 0 Å². The van der Waals surface area contributed by atoms with Crippen molar-refractivity contribution < 1.29 is 6.85 Å². The molecule has 1 nitrogen and oxygen atoms in total. The van der Waals surface area contributed by atoms with Gasteiger partial charge in [-0.05, 0) is 149 Å². The quantitative estimate of drug-likeness (QED) is 0.140. The summed E-state index contributed by atoms with van der Waals surface area (Å²) in [6.45, 7) is 0.